The van der Waals surface area contributed by atoms with Gasteiger partial charge in [-0.2, -0.15) is 0 Å². The van der Waals surface area contributed by atoms with E-state index in [1.807, 2.05) is 37.3 Å². The van der Waals surface area contributed by atoms with Gasteiger partial charge < -0.3 is 10.5 Å². The topological polar surface area (TPSA) is 52.3 Å². The summed E-state index contributed by atoms with van der Waals surface area (Å²) in [5.74, 6) is -0.431. The molecule has 0 fully saturated rings. The van der Waals surface area contributed by atoms with Crippen molar-refractivity contribution in [2.45, 2.75) is 40.2 Å². The van der Waals surface area contributed by atoms with Gasteiger partial charge in [0.2, 0.25) is 0 Å². The van der Waals surface area contributed by atoms with E-state index in [4.69, 9.17) is 10.5 Å². The second-order valence-corrected chi connectivity index (χ2v) is 6.19. The Kier molecular flexibility index (Phi) is 5.55. The van der Waals surface area contributed by atoms with Gasteiger partial charge in [-0.15, -0.1) is 0 Å². The van der Waals surface area contributed by atoms with Gasteiger partial charge in [0.05, 0.1) is 5.92 Å². The first kappa shape index (κ1) is 15.7. The summed E-state index contributed by atoms with van der Waals surface area (Å²) in [4.78, 5) is 12.1. The molecule has 0 aliphatic heterocycles. The van der Waals surface area contributed by atoms with Crippen molar-refractivity contribution in [1.29, 1.82) is 0 Å². The van der Waals surface area contributed by atoms with Crippen LogP contribution in [0.15, 0.2) is 30.3 Å². The van der Waals surface area contributed by atoms with Crippen molar-refractivity contribution in [2.24, 2.45) is 17.1 Å². The number of rotatable bonds is 5. The molecule has 1 aromatic carbocycles. The highest BCUT2D eigenvalue weighted by molar-refractivity contribution is 5.73. The highest BCUT2D eigenvalue weighted by Crippen LogP contribution is 2.26. The molecule has 0 heterocycles. The van der Waals surface area contributed by atoms with Crippen LogP contribution in [0.5, 0.6) is 0 Å². The molecule has 1 rings (SSSR count). The Morgan fingerprint density at radius 3 is 2.32 bits per heavy atom. The zero-order valence-corrected chi connectivity index (χ0v) is 12.3. The smallest absolute Gasteiger partial charge is 0.310 e. The van der Waals surface area contributed by atoms with Crippen molar-refractivity contribution in [3.63, 3.8) is 0 Å². The normalized spacial score (nSPS) is 14.8. The van der Waals surface area contributed by atoms with Crippen LogP contribution in [0.4, 0.5) is 0 Å². The van der Waals surface area contributed by atoms with Crippen LogP contribution in [0.1, 0.15) is 45.8 Å². The van der Waals surface area contributed by atoms with E-state index in [0.29, 0.717) is 6.54 Å². The van der Waals surface area contributed by atoms with E-state index in [9.17, 15) is 4.79 Å². The predicted molar refractivity (Wildman–Crippen MR) is 77.6 cm³/mol. The van der Waals surface area contributed by atoms with Gasteiger partial charge in [0.25, 0.3) is 0 Å². The second-order valence-electron chi connectivity index (χ2n) is 6.19. The number of ether oxygens (including phenoxy) is 1. The van der Waals surface area contributed by atoms with E-state index >= 15 is 0 Å². The van der Waals surface area contributed by atoms with Crippen molar-refractivity contribution in [2.75, 3.05) is 6.54 Å². The number of hydrogen-bond acceptors (Lipinski definition) is 3. The molecule has 0 aliphatic rings. The summed E-state index contributed by atoms with van der Waals surface area (Å²) in [5.41, 5.74) is 6.77. The molecule has 3 nitrogen and oxygen atoms in total. The fourth-order valence-electron chi connectivity index (χ4n) is 2.06. The highest BCUT2D eigenvalue weighted by Gasteiger charge is 2.26. The van der Waals surface area contributed by atoms with Gasteiger partial charge in [-0.25, -0.2) is 0 Å². The molecule has 2 atom stereocenters. The molecule has 0 saturated heterocycles. The molecule has 2 N–H and O–H groups in total. The summed E-state index contributed by atoms with van der Waals surface area (Å²) in [6, 6.07) is 9.74. The first-order valence-electron chi connectivity index (χ1n) is 6.79. The first-order valence-corrected chi connectivity index (χ1v) is 6.79. The van der Waals surface area contributed by atoms with Gasteiger partial charge in [0, 0.05) is 6.54 Å². The largest absolute Gasteiger partial charge is 0.458 e. The number of hydrogen-bond donors (Lipinski definition) is 1. The molecule has 1 aromatic rings. The Morgan fingerprint density at radius 2 is 1.84 bits per heavy atom. The number of esters is 1. The molecule has 0 spiro atoms. The lowest BCUT2D eigenvalue weighted by Crippen LogP contribution is -2.30. The summed E-state index contributed by atoms with van der Waals surface area (Å²) < 4.78 is 5.52. The predicted octanol–water partition coefficient (Wildman–Crippen LogP) is 3.30. The molecule has 2 unspecified atom stereocenters. The van der Waals surface area contributed by atoms with E-state index in [-0.39, 0.29) is 23.4 Å². The van der Waals surface area contributed by atoms with Gasteiger partial charge in [-0.05, 0) is 24.3 Å². The van der Waals surface area contributed by atoms with E-state index < -0.39 is 0 Å². The molecular weight excluding hydrogens is 238 g/mol. The molecular formula is C16H25NO2. The average Bonchev–Trinajstić information content (AvgIpc) is 2.35. The van der Waals surface area contributed by atoms with Crippen LogP contribution in [0.25, 0.3) is 0 Å². The SMILES string of the molecule is CC(OC(=O)C(CN)CC(C)(C)C)c1ccccc1. The highest BCUT2D eigenvalue weighted by atomic mass is 16.5. The van der Waals surface area contributed by atoms with Crippen LogP contribution in [0.2, 0.25) is 0 Å². The molecule has 0 aromatic heterocycles. The monoisotopic (exact) mass is 263 g/mol. The van der Waals surface area contributed by atoms with Crippen molar-refractivity contribution in [1.82, 2.24) is 0 Å². The molecule has 0 amide bonds. The quantitative estimate of drug-likeness (QED) is 0.829. The zero-order valence-electron chi connectivity index (χ0n) is 12.3. The number of nitrogens with two attached hydrogens (primary N) is 1. The van der Waals surface area contributed by atoms with Gasteiger partial charge in [-0.3, -0.25) is 4.79 Å². The van der Waals surface area contributed by atoms with Crippen LogP contribution in [-0.2, 0) is 9.53 Å². The van der Waals surface area contributed by atoms with Crippen molar-refractivity contribution in [3.8, 4) is 0 Å². The molecule has 0 saturated carbocycles. The van der Waals surface area contributed by atoms with Crippen LogP contribution in [0, 0.1) is 11.3 Å². The van der Waals surface area contributed by atoms with Gasteiger partial charge >= 0.3 is 5.97 Å². The van der Waals surface area contributed by atoms with Crippen molar-refractivity contribution in [3.05, 3.63) is 35.9 Å². The summed E-state index contributed by atoms with van der Waals surface area (Å²) in [7, 11) is 0. The van der Waals surface area contributed by atoms with E-state index in [1.165, 1.54) is 0 Å². The fraction of sp³-hybridized carbons (Fsp3) is 0.562. The minimum Gasteiger partial charge on any atom is -0.458 e. The van der Waals surface area contributed by atoms with E-state index in [2.05, 4.69) is 20.8 Å². The molecule has 0 aliphatic carbocycles. The van der Waals surface area contributed by atoms with E-state index in [1.54, 1.807) is 0 Å². The standard InChI is InChI=1S/C16H25NO2/c1-12(13-8-6-5-7-9-13)19-15(18)14(11-17)10-16(2,3)4/h5-9,12,14H,10-11,17H2,1-4H3. The summed E-state index contributed by atoms with van der Waals surface area (Å²) in [6.07, 6.45) is 0.506. The third-order valence-corrected chi connectivity index (χ3v) is 3.04. The van der Waals surface area contributed by atoms with E-state index in [0.717, 1.165) is 12.0 Å². The molecule has 106 valence electrons. The second kappa shape index (κ2) is 6.71. The number of carbonyl (C=O) groups excluding carboxylic acids is 1. The summed E-state index contributed by atoms with van der Waals surface area (Å²) >= 11 is 0. The minimum absolute atomic E-state index is 0.0685. The van der Waals surface area contributed by atoms with Crippen molar-refractivity contribution < 1.29 is 9.53 Å². The Balaban J connectivity index is 2.62. The van der Waals surface area contributed by atoms with Crippen LogP contribution >= 0.6 is 0 Å². The maximum atomic E-state index is 12.1. The van der Waals surface area contributed by atoms with Crippen molar-refractivity contribution >= 4 is 5.97 Å². The maximum absolute atomic E-state index is 12.1. The Morgan fingerprint density at radius 1 is 1.26 bits per heavy atom. The van der Waals surface area contributed by atoms with Crippen LogP contribution in [-0.4, -0.2) is 12.5 Å². The van der Waals surface area contributed by atoms with Gasteiger partial charge in [0.1, 0.15) is 6.10 Å². The molecule has 0 bridgehead atoms. The Bertz CT molecular complexity index is 395. The Hall–Kier alpha value is -1.35. The number of benzene rings is 1. The maximum Gasteiger partial charge on any atom is 0.310 e. The van der Waals surface area contributed by atoms with Gasteiger partial charge in [0.15, 0.2) is 0 Å². The lowest BCUT2D eigenvalue weighted by molar-refractivity contribution is -0.154. The van der Waals surface area contributed by atoms with Crippen LogP contribution in [0.3, 0.4) is 0 Å². The zero-order chi connectivity index (χ0) is 14.5. The molecule has 3 heteroatoms. The average molecular weight is 263 g/mol. The van der Waals surface area contributed by atoms with Gasteiger partial charge in [-0.1, -0.05) is 51.1 Å². The molecule has 19 heavy (non-hydrogen) atoms. The number of carbonyl (C=O) groups is 1. The minimum atomic E-state index is -0.234. The Labute approximate surface area is 116 Å². The van der Waals surface area contributed by atoms with Crippen LogP contribution < -0.4 is 5.73 Å². The summed E-state index contributed by atoms with van der Waals surface area (Å²) in [5, 5.41) is 0. The third kappa shape index (κ3) is 5.43. The molecule has 0 radical (unpaired) electrons. The first-order chi connectivity index (χ1) is 8.83. The fourth-order valence-corrected chi connectivity index (χ4v) is 2.06. The lowest BCUT2D eigenvalue weighted by atomic mass is 9.84. The summed E-state index contributed by atoms with van der Waals surface area (Å²) in [6.45, 7) is 8.52. The lowest BCUT2D eigenvalue weighted by Gasteiger charge is -2.25. The third-order valence-electron chi connectivity index (χ3n) is 3.04.